The lowest BCUT2D eigenvalue weighted by molar-refractivity contribution is 0.647. The zero-order chi connectivity index (χ0) is 17.2. The summed E-state index contributed by atoms with van der Waals surface area (Å²) < 4.78 is 0. The minimum absolute atomic E-state index is 0.529. The molecule has 0 saturated carbocycles. The van der Waals surface area contributed by atoms with E-state index in [1.54, 1.807) is 5.19 Å². The first-order valence-electron chi connectivity index (χ1n) is 8.54. The van der Waals surface area contributed by atoms with Crippen LogP contribution in [0.4, 0.5) is 0 Å². The zero-order valence-electron chi connectivity index (χ0n) is 15.3. The summed E-state index contributed by atoms with van der Waals surface area (Å²) in [4.78, 5) is 0. The van der Waals surface area contributed by atoms with Gasteiger partial charge in [0.2, 0.25) is 0 Å². The maximum absolute atomic E-state index is 6.72. The Kier molecular flexibility index (Phi) is 5.93. The van der Waals surface area contributed by atoms with E-state index in [9.17, 15) is 0 Å². The molecule has 0 amide bonds. The molecule has 0 bridgehead atoms. The van der Waals surface area contributed by atoms with Crippen molar-refractivity contribution in [2.45, 2.75) is 46.8 Å². The predicted octanol–water partition coefficient (Wildman–Crippen LogP) is 3.51. The molecule has 0 fully saturated rings. The van der Waals surface area contributed by atoms with Gasteiger partial charge in [0.05, 0.1) is 17.6 Å². The van der Waals surface area contributed by atoms with Crippen LogP contribution in [0.25, 0.3) is 0 Å². The monoisotopic (exact) mass is 360 g/mol. The molecule has 0 aromatic heterocycles. The van der Waals surface area contributed by atoms with E-state index in [0.29, 0.717) is 5.92 Å². The van der Waals surface area contributed by atoms with E-state index in [-0.39, 0.29) is 0 Å². The van der Waals surface area contributed by atoms with Crippen molar-refractivity contribution in [2.75, 3.05) is 0 Å². The zero-order valence-corrected chi connectivity index (χ0v) is 18.5. The van der Waals surface area contributed by atoms with Crippen LogP contribution in [-0.4, -0.2) is 17.6 Å². The number of halogens is 1. The standard InChI is InChI=1S/C20H29ClSi2/c1-14(2)10-16-8-7-9-19(20(16)21)22-17-11-15(3)12-18(13-17)23(4,5)6/h7-9,11-14H,10,22H2,1-6H3. The van der Waals surface area contributed by atoms with E-state index < -0.39 is 17.6 Å². The van der Waals surface area contributed by atoms with Gasteiger partial charge >= 0.3 is 0 Å². The first-order chi connectivity index (χ1) is 10.7. The second-order valence-electron chi connectivity index (χ2n) is 8.12. The maximum Gasteiger partial charge on any atom is 0.0894 e. The molecule has 0 aliphatic heterocycles. The van der Waals surface area contributed by atoms with Crippen LogP contribution in [0.1, 0.15) is 25.0 Å². The fourth-order valence-corrected chi connectivity index (χ4v) is 6.69. The van der Waals surface area contributed by atoms with Crippen molar-refractivity contribution >= 4 is 44.8 Å². The molecule has 0 unspecified atom stereocenters. The van der Waals surface area contributed by atoms with Crippen molar-refractivity contribution in [3.63, 3.8) is 0 Å². The Morgan fingerprint density at radius 2 is 1.78 bits per heavy atom. The summed E-state index contributed by atoms with van der Waals surface area (Å²) in [6.07, 6.45) is 1.06. The molecule has 3 heteroatoms. The highest BCUT2D eigenvalue weighted by molar-refractivity contribution is 6.89. The van der Waals surface area contributed by atoms with Crippen molar-refractivity contribution in [1.29, 1.82) is 0 Å². The third-order valence-corrected chi connectivity index (χ3v) is 8.70. The lowest BCUT2D eigenvalue weighted by Gasteiger charge is -2.19. The Hall–Kier alpha value is -0.836. The topological polar surface area (TPSA) is 0 Å². The minimum Gasteiger partial charge on any atom is -0.0842 e. The van der Waals surface area contributed by atoms with Crippen molar-refractivity contribution in [2.24, 2.45) is 5.92 Å². The normalized spacial score (nSPS) is 12.5. The fraction of sp³-hybridized carbons (Fsp3) is 0.400. The Morgan fingerprint density at radius 1 is 1.09 bits per heavy atom. The fourth-order valence-electron chi connectivity index (χ4n) is 2.98. The average molecular weight is 361 g/mol. The van der Waals surface area contributed by atoms with E-state index in [2.05, 4.69) is 76.8 Å². The van der Waals surface area contributed by atoms with Crippen LogP contribution in [0.3, 0.4) is 0 Å². The summed E-state index contributed by atoms with van der Waals surface area (Å²) in [5, 5.41) is 5.49. The highest BCUT2D eigenvalue weighted by atomic mass is 35.5. The van der Waals surface area contributed by atoms with E-state index >= 15 is 0 Å². The molecule has 0 aliphatic rings. The van der Waals surface area contributed by atoms with Gasteiger partial charge in [0, 0.05) is 5.02 Å². The smallest absolute Gasteiger partial charge is 0.0842 e. The van der Waals surface area contributed by atoms with Crippen molar-refractivity contribution in [3.8, 4) is 0 Å². The third kappa shape index (κ3) is 5.07. The quantitative estimate of drug-likeness (QED) is 0.716. The number of hydrogen-bond acceptors (Lipinski definition) is 0. The van der Waals surface area contributed by atoms with Gasteiger partial charge in [-0.05, 0) is 30.0 Å². The van der Waals surface area contributed by atoms with Gasteiger partial charge in [0.15, 0.2) is 0 Å². The molecule has 2 aromatic carbocycles. The molecule has 0 N–H and O–H groups in total. The van der Waals surface area contributed by atoms with Gasteiger partial charge < -0.3 is 0 Å². The Balaban J connectivity index is 2.34. The SMILES string of the molecule is Cc1cc([SiH2]c2cccc(CC(C)C)c2Cl)cc([Si](C)(C)C)c1. The van der Waals surface area contributed by atoms with Crippen LogP contribution in [0, 0.1) is 12.8 Å². The third-order valence-electron chi connectivity index (χ3n) is 4.18. The summed E-state index contributed by atoms with van der Waals surface area (Å²) in [6.45, 7) is 14.0. The Morgan fingerprint density at radius 3 is 2.39 bits per heavy atom. The van der Waals surface area contributed by atoms with Gasteiger partial charge in [-0.1, -0.05) is 97.4 Å². The first kappa shape index (κ1) is 18.5. The lowest BCUT2D eigenvalue weighted by atomic mass is 10.0. The van der Waals surface area contributed by atoms with Gasteiger partial charge in [0.1, 0.15) is 0 Å². The molecule has 0 saturated heterocycles. The molecule has 124 valence electrons. The van der Waals surface area contributed by atoms with E-state index in [4.69, 9.17) is 11.6 Å². The Labute approximate surface area is 150 Å². The summed E-state index contributed by atoms with van der Waals surface area (Å²) in [7, 11) is -1.80. The molecule has 0 atom stereocenters. The minimum atomic E-state index is -1.27. The number of benzene rings is 2. The van der Waals surface area contributed by atoms with Crippen LogP contribution in [0.5, 0.6) is 0 Å². The van der Waals surface area contributed by atoms with Crippen LogP contribution < -0.4 is 15.6 Å². The Bertz CT molecular complexity index is 685. The summed E-state index contributed by atoms with van der Waals surface area (Å²) in [6, 6.07) is 13.8. The van der Waals surface area contributed by atoms with Crippen molar-refractivity contribution < 1.29 is 0 Å². The van der Waals surface area contributed by atoms with Crippen LogP contribution >= 0.6 is 11.6 Å². The lowest BCUT2D eigenvalue weighted by Crippen LogP contribution is -2.41. The first-order valence-corrected chi connectivity index (χ1v) is 13.8. The second-order valence-corrected chi connectivity index (χ2v) is 15.5. The van der Waals surface area contributed by atoms with E-state index in [1.165, 1.54) is 21.5 Å². The molecule has 0 nitrogen and oxygen atoms in total. The molecule has 0 aliphatic carbocycles. The van der Waals surface area contributed by atoms with E-state index in [1.807, 2.05) is 0 Å². The maximum atomic E-state index is 6.72. The molecule has 0 spiro atoms. The summed E-state index contributed by atoms with van der Waals surface area (Å²) >= 11 is 6.72. The molecule has 2 rings (SSSR count). The van der Waals surface area contributed by atoms with Crippen molar-refractivity contribution in [1.82, 2.24) is 0 Å². The predicted molar refractivity (Wildman–Crippen MR) is 112 cm³/mol. The highest BCUT2D eigenvalue weighted by Gasteiger charge is 2.17. The molecule has 0 radical (unpaired) electrons. The van der Waals surface area contributed by atoms with E-state index in [0.717, 1.165) is 11.4 Å². The average Bonchev–Trinajstić information content (AvgIpc) is 2.41. The second kappa shape index (κ2) is 7.37. The van der Waals surface area contributed by atoms with Gasteiger partial charge in [-0.25, -0.2) is 0 Å². The van der Waals surface area contributed by atoms with Gasteiger partial charge in [0.25, 0.3) is 0 Å². The largest absolute Gasteiger partial charge is 0.0894 e. The molecular weight excluding hydrogens is 332 g/mol. The summed E-state index contributed by atoms with van der Waals surface area (Å²) in [5.41, 5.74) is 2.70. The number of hydrogen-bond donors (Lipinski definition) is 0. The van der Waals surface area contributed by atoms with Gasteiger partial charge in [-0.15, -0.1) is 0 Å². The molecule has 2 aromatic rings. The van der Waals surface area contributed by atoms with Gasteiger partial charge in [-0.2, -0.15) is 0 Å². The van der Waals surface area contributed by atoms with Crippen LogP contribution in [0.2, 0.25) is 24.7 Å². The van der Waals surface area contributed by atoms with Crippen LogP contribution in [0.15, 0.2) is 36.4 Å². The number of rotatable bonds is 5. The van der Waals surface area contributed by atoms with Crippen LogP contribution in [-0.2, 0) is 6.42 Å². The highest BCUT2D eigenvalue weighted by Crippen LogP contribution is 2.17. The molecule has 23 heavy (non-hydrogen) atoms. The van der Waals surface area contributed by atoms with Gasteiger partial charge in [-0.3, -0.25) is 0 Å². The molecule has 0 heterocycles. The number of aryl methyl sites for hydroxylation is 1. The molecular formula is C20H29ClSi2. The van der Waals surface area contributed by atoms with Crippen molar-refractivity contribution in [3.05, 3.63) is 52.5 Å². The summed E-state index contributed by atoms with van der Waals surface area (Å²) in [5.74, 6) is 0.641.